The van der Waals surface area contributed by atoms with Crippen LogP contribution < -0.4 is 5.32 Å². The lowest BCUT2D eigenvalue weighted by Gasteiger charge is -2.20. The lowest BCUT2D eigenvalue weighted by Crippen LogP contribution is -2.27. The van der Waals surface area contributed by atoms with Gasteiger partial charge in [-0.15, -0.1) is 0 Å². The zero-order valence-electron chi connectivity index (χ0n) is 15.3. The number of ether oxygens (including phenoxy) is 2. The van der Waals surface area contributed by atoms with Crippen LogP contribution in [-0.2, 0) is 9.47 Å². The molecular weight excluding hydrogens is 344 g/mol. The molecule has 1 N–H and O–H groups in total. The Balaban J connectivity index is 2.28. The van der Waals surface area contributed by atoms with Crippen molar-refractivity contribution >= 4 is 40.4 Å². The minimum Gasteiger partial charge on any atom is -0.444 e. The summed E-state index contributed by atoms with van der Waals surface area (Å²) < 4.78 is 11.9. The van der Waals surface area contributed by atoms with Crippen LogP contribution in [0.2, 0.25) is 5.02 Å². The molecule has 1 amide bonds. The van der Waals surface area contributed by atoms with Crippen LogP contribution in [0.3, 0.4) is 0 Å². The van der Waals surface area contributed by atoms with E-state index in [1.54, 1.807) is 59.7 Å². The summed E-state index contributed by atoms with van der Waals surface area (Å²) in [6.45, 7) is 10.7. The van der Waals surface area contributed by atoms with Gasteiger partial charge in [0.25, 0.3) is 0 Å². The van der Waals surface area contributed by atoms with Crippen LogP contribution in [0.15, 0.2) is 24.4 Å². The number of carbonyl (C=O) groups is 2. The second-order valence-corrected chi connectivity index (χ2v) is 8.09. The van der Waals surface area contributed by atoms with Crippen molar-refractivity contribution in [2.24, 2.45) is 0 Å². The average Bonchev–Trinajstić information content (AvgIpc) is 2.72. The molecule has 1 aromatic heterocycles. The Morgan fingerprint density at radius 2 is 1.64 bits per heavy atom. The number of hydrogen-bond acceptors (Lipinski definition) is 4. The molecule has 0 saturated heterocycles. The van der Waals surface area contributed by atoms with Crippen LogP contribution >= 0.6 is 11.6 Å². The lowest BCUT2D eigenvalue weighted by molar-refractivity contribution is 0.0543. The van der Waals surface area contributed by atoms with Gasteiger partial charge >= 0.3 is 12.2 Å². The van der Waals surface area contributed by atoms with E-state index >= 15 is 0 Å². The van der Waals surface area contributed by atoms with Crippen molar-refractivity contribution in [3.8, 4) is 0 Å². The first-order chi connectivity index (χ1) is 11.4. The number of nitrogens with zero attached hydrogens (tertiary/aromatic N) is 1. The highest BCUT2D eigenvalue weighted by Gasteiger charge is 2.21. The van der Waals surface area contributed by atoms with E-state index in [-0.39, 0.29) is 0 Å². The summed E-state index contributed by atoms with van der Waals surface area (Å²) in [6, 6.07) is 5.05. The third-order valence-corrected chi connectivity index (χ3v) is 3.29. The highest BCUT2D eigenvalue weighted by Crippen LogP contribution is 2.29. The maximum Gasteiger partial charge on any atom is 0.419 e. The summed E-state index contributed by atoms with van der Waals surface area (Å²) in [6.07, 6.45) is 0.421. The number of anilines is 1. The fourth-order valence-corrected chi connectivity index (χ4v) is 2.40. The van der Waals surface area contributed by atoms with Gasteiger partial charge in [0, 0.05) is 17.3 Å². The fraction of sp³-hybridized carbons (Fsp3) is 0.444. The normalized spacial score (nSPS) is 12.1. The number of nitrogens with one attached hydrogen (secondary N) is 1. The van der Waals surface area contributed by atoms with Crippen LogP contribution in [0.25, 0.3) is 10.9 Å². The van der Waals surface area contributed by atoms with E-state index in [2.05, 4.69) is 5.32 Å². The van der Waals surface area contributed by atoms with Crippen molar-refractivity contribution in [2.45, 2.75) is 52.7 Å². The number of aromatic nitrogens is 1. The molecule has 0 unspecified atom stereocenters. The van der Waals surface area contributed by atoms with Crippen LogP contribution in [0.5, 0.6) is 0 Å². The van der Waals surface area contributed by atoms with Gasteiger partial charge in [-0.25, -0.2) is 9.59 Å². The predicted molar refractivity (Wildman–Crippen MR) is 98.4 cm³/mol. The SMILES string of the molecule is CC(C)(C)OC(=O)Nc1ccc2c(c1)c(Cl)cn2C(=O)OC(C)(C)C. The number of hydrogen-bond donors (Lipinski definition) is 1. The molecule has 0 aliphatic rings. The molecule has 25 heavy (non-hydrogen) atoms. The number of carbonyl (C=O) groups excluding carboxylic acids is 2. The maximum absolute atomic E-state index is 12.3. The highest BCUT2D eigenvalue weighted by atomic mass is 35.5. The number of fused-ring (bicyclic) bond motifs is 1. The van der Waals surface area contributed by atoms with Gasteiger partial charge in [0.1, 0.15) is 11.2 Å². The van der Waals surface area contributed by atoms with Crippen LogP contribution in [0, 0.1) is 0 Å². The van der Waals surface area contributed by atoms with E-state index in [1.807, 2.05) is 0 Å². The quantitative estimate of drug-likeness (QED) is 0.731. The Bertz CT molecular complexity index is 813. The van der Waals surface area contributed by atoms with Crippen LogP contribution in [0.1, 0.15) is 41.5 Å². The summed E-state index contributed by atoms with van der Waals surface area (Å²) in [7, 11) is 0. The number of benzene rings is 1. The van der Waals surface area contributed by atoms with Crippen molar-refractivity contribution in [1.82, 2.24) is 4.57 Å². The first-order valence-electron chi connectivity index (χ1n) is 7.90. The monoisotopic (exact) mass is 366 g/mol. The van der Waals surface area contributed by atoms with Gasteiger partial charge in [0.15, 0.2) is 0 Å². The van der Waals surface area contributed by atoms with Crippen molar-refractivity contribution in [3.05, 3.63) is 29.4 Å². The van der Waals surface area contributed by atoms with Crippen LogP contribution in [-0.4, -0.2) is 28.0 Å². The van der Waals surface area contributed by atoms with Crippen molar-refractivity contribution in [1.29, 1.82) is 0 Å². The molecule has 0 aliphatic carbocycles. The Kier molecular flexibility index (Phi) is 5.04. The second-order valence-electron chi connectivity index (χ2n) is 7.69. The summed E-state index contributed by atoms with van der Waals surface area (Å²) in [5.74, 6) is 0. The maximum atomic E-state index is 12.3. The Morgan fingerprint density at radius 3 is 2.20 bits per heavy atom. The van der Waals surface area contributed by atoms with E-state index < -0.39 is 23.4 Å². The first kappa shape index (κ1) is 19.1. The van der Waals surface area contributed by atoms with Crippen molar-refractivity contribution < 1.29 is 19.1 Å². The van der Waals surface area contributed by atoms with Gasteiger partial charge in [0.05, 0.1) is 10.5 Å². The van der Waals surface area contributed by atoms with Gasteiger partial charge < -0.3 is 9.47 Å². The molecule has 2 rings (SSSR count). The van der Waals surface area contributed by atoms with E-state index in [0.29, 0.717) is 21.6 Å². The Hall–Kier alpha value is -2.21. The van der Waals surface area contributed by atoms with Crippen molar-refractivity contribution in [2.75, 3.05) is 5.32 Å². The lowest BCUT2D eigenvalue weighted by atomic mass is 10.2. The molecule has 1 aromatic carbocycles. The minimum atomic E-state index is -0.613. The molecule has 7 heteroatoms. The van der Waals surface area contributed by atoms with Gasteiger partial charge in [-0.3, -0.25) is 9.88 Å². The molecule has 136 valence electrons. The van der Waals surface area contributed by atoms with Crippen LogP contribution in [0.4, 0.5) is 15.3 Å². The van der Waals surface area contributed by atoms with E-state index in [1.165, 1.54) is 10.8 Å². The Labute approximate surface area is 152 Å². The second kappa shape index (κ2) is 6.59. The Morgan fingerprint density at radius 1 is 1.04 bits per heavy atom. The van der Waals surface area contributed by atoms with Gasteiger partial charge in [-0.05, 0) is 59.7 Å². The summed E-state index contributed by atoms with van der Waals surface area (Å²) in [5.41, 5.74) is -0.0934. The van der Waals surface area contributed by atoms with E-state index in [9.17, 15) is 9.59 Å². The van der Waals surface area contributed by atoms with Gasteiger partial charge in [-0.1, -0.05) is 11.6 Å². The molecular formula is C18H23ClN2O4. The number of rotatable bonds is 1. The largest absolute Gasteiger partial charge is 0.444 e. The molecule has 2 aromatic rings. The third-order valence-electron chi connectivity index (χ3n) is 2.99. The smallest absolute Gasteiger partial charge is 0.419 e. The molecule has 0 bridgehead atoms. The zero-order valence-corrected chi connectivity index (χ0v) is 16.0. The van der Waals surface area contributed by atoms with Gasteiger partial charge in [0.2, 0.25) is 0 Å². The fourth-order valence-electron chi connectivity index (χ4n) is 2.15. The third kappa shape index (κ3) is 5.13. The molecule has 0 saturated carbocycles. The highest BCUT2D eigenvalue weighted by molar-refractivity contribution is 6.36. The molecule has 0 radical (unpaired) electrons. The summed E-state index contributed by atoms with van der Waals surface area (Å²) >= 11 is 6.24. The van der Waals surface area contributed by atoms with Gasteiger partial charge in [-0.2, -0.15) is 0 Å². The molecule has 0 atom stereocenters. The average molecular weight is 367 g/mol. The molecule has 0 fully saturated rings. The molecule has 0 aliphatic heterocycles. The molecule has 6 nitrogen and oxygen atoms in total. The standard InChI is InChI=1S/C18H23ClN2O4/c1-17(2,3)24-15(22)20-11-7-8-14-12(9-11)13(19)10-21(14)16(23)25-18(4,5)6/h7-10H,1-6H3,(H,20,22). The topological polar surface area (TPSA) is 69.6 Å². The molecule has 0 spiro atoms. The van der Waals surface area contributed by atoms with E-state index in [4.69, 9.17) is 21.1 Å². The van der Waals surface area contributed by atoms with Crippen molar-refractivity contribution in [3.63, 3.8) is 0 Å². The minimum absolute atomic E-state index is 0.383. The predicted octanol–water partition coefficient (Wildman–Crippen LogP) is 5.42. The summed E-state index contributed by atoms with van der Waals surface area (Å²) in [5, 5.41) is 3.66. The van der Waals surface area contributed by atoms with E-state index in [0.717, 1.165) is 0 Å². The zero-order chi connectivity index (χ0) is 19.0. The first-order valence-corrected chi connectivity index (χ1v) is 8.27. The number of halogens is 1. The summed E-state index contributed by atoms with van der Waals surface area (Å²) in [4.78, 5) is 24.2. The number of amides is 1. The molecule has 1 heterocycles.